The van der Waals surface area contributed by atoms with Crippen molar-refractivity contribution in [2.75, 3.05) is 0 Å². The van der Waals surface area contributed by atoms with Gasteiger partial charge in [-0.25, -0.2) is 4.98 Å². The van der Waals surface area contributed by atoms with E-state index in [9.17, 15) is 13.2 Å². The molecule has 8 heteroatoms. The van der Waals surface area contributed by atoms with Gasteiger partial charge in [0.25, 0.3) is 0 Å². The highest BCUT2D eigenvalue weighted by Gasteiger charge is 2.30. The monoisotopic (exact) mass is 291 g/mol. The first kappa shape index (κ1) is 13.2. The van der Waals surface area contributed by atoms with Gasteiger partial charge in [-0.05, 0) is 18.2 Å². The lowest BCUT2D eigenvalue weighted by Crippen LogP contribution is -2.04. The molecule has 0 aliphatic rings. The van der Waals surface area contributed by atoms with Crippen molar-refractivity contribution in [3.63, 3.8) is 0 Å². The summed E-state index contributed by atoms with van der Waals surface area (Å²) in [6.07, 6.45) is -1.35. The normalized spacial score (nSPS) is 11.6. The predicted octanol–water partition coefficient (Wildman–Crippen LogP) is 2.95. The Morgan fingerprint density at radius 2 is 1.67 bits per heavy atom. The minimum absolute atomic E-state index is 0.385. The summed E-state index contributed by atoms with van der Waals surface area (Å²) in [6.45, 7) is 0. The smallest absolute Gasteiger partial charge is 0.259 e. The number of aromatic amines is 1. The zero-order valence-corrected chi connectivity index (χ0v) is 10.5. The van der Waals surface area contributed by atoms with Gasteiger partial charge in [0.1, 0.15) is 0 Å². The highest BCUT2D eigenvalue weighted by molar-refractivity contribution is 5.60. The first-order chi connectivity index (χ1) is 10.0. The number of nitrogens with one attached hydrogen (secondary N) is 1. The van der Waals surface area contributed by atoms with E-state index in [0.29, 0.717) is 22.8 Å². The van der Waals surface area contributed by atoms with Crippen LogP contribution in [0, 0.1) is 0 Å². The van der Waals surface area contributed by atoms with Gasteiger partial charge in [-0.2, -0.15) is 28.5 Å². The number of alkyl halides is 3. The number of hydrogen-bond acceptors (Lipinski definition) is 4. The van der Waals surface area contributed by atoms with Crippen LogP contribution in [0.2, 0.25) is 0 Å². The zero-order valence-electron chi connectivity index (χ0n) is 10.5. The third-order valence-electron chi connectivity index (χ3n) is 2.81. The maximum absolute atomic E-state index is 12.5. The van der Waals surface area contributed by atoms with E-state index in [1.807, 2.05) is 0 Å². The Labute approximate surface area is 116 Å². The lowest BCUT2D eigenvalue weighted by atomic mass is 10.1. The minimum Gasteiger partial charge on any atom is -0.259 e. The van der Waals surface area contributed by atoms with Crippen molar-refractivity contribution in [2.45, 2.75) is 6.18 Å². The Morgan fingerprint density at radius 3 is 2.29 bits per heavy atom. The van der Waals surface area contributed by atoms with Crippen LogP contribution in [0.1, 0.15) is 5.56 Å². The van der Waals surface area contributed by atoms with Gasteiger partial charge >= 0.3 is 6.18 Å². The number of halogens is 3. The Hall–Kier alpha value is -2.77. The molecular weight excluding hydrogens is 283 g/mol. The molecule has 3 aromatic rings. The lowest BCUT2D eigenvalue weighted by molar-refractivity contribution is -0.137. The van der Waals surface area contributed by atoms with Crippen molar-refractivity contribution < 1.29 is 13.2 Å². The van der Waals surface area contributed by atoms with Gasteiger partial charge in [0.05, 0.1) is 18.0 Å². The summed E-state index contributed by atoms with van der Waals surface area (Å²) in [5.41, 5.74) is 0.479. The predicted molar refractivity (Wildman–Crippen MR) is 67.8 cm³/mol. The Morgan fingerprint density at radius 1 is 0.905 bits per heavy atom. The SMILES string of the molecule is FC(F)(F)c1ccc(-c2nc(-c3ccnnc3)n[nH]2)cc1. The van der Waals surface area contributed by atoms with Gasteiger partial charge in [-0.1, -0.05) is 12.1 Å². The van der Waals surface area contributed by atoms with Gasteiger partial charge in [0.15, 0.2) is 11.6 Å². The molecule has 0 saturated heterocycles. The third kappa shape index (κ3) is 2.73. The van der Waals surface area contributed by atoms with Gasteiger partial charge in [0, 0.05) is 11.1 Å². The first-order valence-corrected chi connectivity index (χ1v) is 5.91. The lowest BCUT2D eigenvalue weighted by Gasteiger charge is -2.06. The Kier molecular flexibility index (Phi) is 3.13. The molecule has 1 N–H and O–H groups in total. The fraction of sp³-hybridized carbons (Fsp3) is 0.0769. The van der Waals surface area contributed by atoms with Crippen LogP contribution in [-0.2, 0) is 6.18 Å². The first-order valence-electron chi connectivity index (χ1n) is 5.91. The molecule has 2 aromatic heterocycles. The van der Waals surface area contributed by atoms with E-state index in [-0.39, 0.29) is 0 Å². The number of H-pyrrole nitrogens is 1. The molecule has 106 valence electrons. The van der Waals surface area contributed by atoms with Crippen LogP contribution in [0.15, 0.2) is 42.7 Å². The molecule has 0 fully saturated rings. The molecule has 0 spiro atoms. The highest BCUT2D eigenvalue weighted by Crippen LogP contribution is 2.30. The molecular formula is C13H8F3N5. The average Bonchev–Trinajstić information content (AvgIpc) is 2.97. The second-order valence-electron chi connectivity index (χ2n) is 4.21. The molecule has 0 aliphatic carbocycles. The van der Waals surface area contributed by atoms with E-state index < -0.39 is 11.7 Å². The molecule has 0 radical (unpaired) electrons. The van der Waals surface area contributed by atoms with E-state index >= 15 is 0 Å². The Balaban J connectivity index is 1.90. The molecule has 2 heterocycles. The van der Waals surface area contributed by atoms with Gasteiger partial charge in [0.2, 0.25) is 0 Å². The molecule has 3 rings (SSSR count). The van der Waals surface area contributed by atoms with Crippen LogP contribution in [0.25, 0.3) is 22.8 Å². The maximum Gasteiger partial charge on any atom is 0.416 e. The summed E-state index contributed by atoms with van der Waals surface area (Å²) >= 11 is 0. The third-order valence-corrected chi connectivity index (χ3v) is 2.81. The molecule has 0 amide bonds. The van der Waals surface area contributed by atoms with Crippen molar-refractivity contribution in [3.05, 3.63) is 48.3 Å². The molecule has 0 saturated carbocycles. The second kappa shape index (κ2) is 4.97. The molecule has 0 unspecified atom stereocenters. The quantitative estimate of drug-likeness (QED) is 0.788. The topological polar surface area (TPSA) is 67.3 Å². The van der Waals surface area contributed by atoms with Crippen molar-refractivity contribution in [3.8, 4) is 22.8 Å². The fourth-order valence-electron chi connectivity index (χ4n) is 1.76. The summed E-state index contributed by atoms with van der Waals surface area (Å²) in [7, 11) is 0. The van der Waals surface area contributed by atoms with Gasteiger partial charge in [-0.3, -0.25) is 5.10 Å². The van der Waals surface area contributed by atoms with E-state index in [2.05, 4.69) is 25.4 Å². The van der Waals surface area contributed by atoms with Gasteiger partial charge < -0.3 is 0 Å². The molecule has 0 bridgehead atoms. The molecule has 1 aromatic carbocycles. The number of benzene rings is 1. The maximum atomic E-state index is 12.5. The van der Waals surface area contributed by atoms with E-state index in [0.717, 1.165) is 12.1 Å². The summed E-state index contributed by atoms with van der Waals surface area (Å²) < 4.78 is 37.5. The van der Waals surface area contributed by atoms with Crippen LogP contribution in [-0.4, -0.2) is 25.4 Å². The van der Waals surface area contributed by atoms with Gasteiger partial charge in [-0.15, -0.1) is 0 Å². The molecule has 5 nitrogen and oxygen atoms in total. The summed E-state index contributed by atoms with van der Waals surface area (Å²) in [6, 6.07) is 6.39. The average molecular weight is 291 g/mol. The second-order valence-corrected chi connectivity index (χ2v) is 4.21. The van der Waals surface area contributed by atoms with Crippen molar-refractivity contribution >= 4 is 0 Å². The van der Waals surface area contributed by atoms with Crippen molar-refractivity contribution in [1.29, 1.82) is 0 Å². The molecule has 0 aliphatic heterocycles. The largest absolute Gasteiger partial charge is 0.416 e. The van der Waals surface area contributed by atoms with E-state index in [4.69, 9.17) is 0 Å². The summed E-state index contributed by atoms with van der Waals surface area (Å²) in [5.74, 6) is 0.787. The van der Waals surface area contributed by atoms with E-state index in [1.165, 1.54) is 24.5 Å². The van der Waals surface area contributed by atoms with E-state index in [1.54, 1.807) is 6.07 Å². The summed E-state index contributed by atoms with van der Waals surface area (Å²) in [4.78, 5) is 4.23. The molecule has 0 atom stereocenters. The number of nitrogens with zero attached hydrogens (tertiary/aromatic N) is 4. The van der Waals surface area contributed by atoms with Crippen LogP contribution in [0.4, 0.5) is 13.2 Å². The standard InChI is InChI=1S/C13H8F3N5/c14-13(15,16)10-3-1-8(2-4-10)11-19-12(21-20-11)9-5-6-17-18-7-9/h1-7H,(H,19,20,21). The summed E-state index contributed by atoms with van der Waals surface area (Å²) in [5, 5.41) is 14.1. The number of aromatic nitrogens is 5. The number of rotatable bonds is 2. The van der Waals surface area contributed by atoms with Crippen molar-refractivity contribution in [1.82, 2.24) is 25.4 Å². The zero-order chi connectivity index (χ0) is 14.9. The van der Waals surface area contributed by atoms with Crippen LogP contribution >= 0.6 is 0 Å². The fourth-order valence-corrected chi connectivity index (χ4v) is 1.76. The van der Waals surface area contributed by atoms with Crippen LogP contribution < -0.4 is 0 Å². The van der Waals surface area contributed by atoms with Crippen LogP contribution in [0.3, 0.4) is 0 Å². The Bertz CT molecular complexity index is 735. The molecule has 21 heavy (non-hydrogen) atoms. The highest BCUT2D eigenvalue weighted by atomic mass is 19.4. The number of hydrogen-bond donors (Lipinski definition) is 1. The van der Waals surface area contributed by atoms with Crippen LogP contribution in [0.5, 0.6) is 0 Å². The van der Waals surface area contributed by atoms with Crippen molar-refractivity contribution in [2.24, 2.45) is 0 Å². The minimum atomic E-state index is -4.35.